The summed E-state index contributed by atoms with van der Waals surface area (Å²) in [6.45, 7) is 0. The largest absolute Gasteiger partial charge is 0.341 e. The highest BCUT2D eigenvalue weighted by Crippen LogP contribution is 2.20. The molecule has 0 aliphatic rings. The van der Waals surface area contributed by atoms with Crippen LogP contribution < -0.4 is 10.6 Å². The molecule has 0 atom stereocenters. The first-order valence-corrected chi connectivity index (χ1v) is 4.22. The third-order valence-electron chi connectivity index (χ3n) is 1.96. The van der Waals surface area contributed by atoms with E-state index in [0.717, 1.165) is 16.6 Å². The predicted octanol–water partition coefficient (Wildman–Crippen LogP) is 1.31. The zero-order valence-electron chi connectivity index (χ0n) is 7.66. The highest BCUT2D eigenvalue weighted by molar-refractivity contribution is 5.99. The second kappa shape index (κ2) is 3.37. The summed E-state index contributed by atoms with van der Waals surface area (Å²) in [5.74, 6) is 0. The smallest absolute Gasteiger partial charge is 0.318 e. The van der Waals surface area contributed by atoms with Crippen LogP contribution in [0.3, 0.4) is 0 Å². The molecule has 0 aliphatic heterocycles. The van der Waals surface area contributed by atoms with Crippen LogP contribution in [0.25, 0.3) is 10.9 Å². The number of urea groups is 1. The van der Waals surface area contributed by atoms with Crippen molar-refractivity contribution in [1.29, 1.82) is 0 Å². The molecule has 1 aromatic carbocycles. The number of nitrogens with one attached hydrogen (secondary N) is 3. The molecule has 72 valence electrons. The Morgan fingerprint density at radius 3 is 3.14 bits per heavy atom. The lowest BCUT2D eigenvalue weighted by Gasteiger charge is -2.04. The van der Waals surface area contributed by atoms with Crippen molar-refractivity contribution in [3.63, 3.8) is 0 Å². The second-order valence-corrected chi connectivity index (χ2v) is 2.84. The van der Waals surface area contributed by atoms with Gasteiger partial charge in [0.05, 0.1) is 17.4 Å². The maximum absolute atomic E-state index is 11.1. The van der Waals surface area contributed by atoms with Gasteiger partial charge in [-0.3, -0.25) is 5.10 Å². The van der Waals surface area contributed by atoms with E-state index in [-0.39, 0.29) is 6.03 Å². The maximum atomic E-state index is 11.1. The van der Waals surface area contributed by atoms with Gasteiger partial charge in [-0.25, -0.2) is 4.79 Å². The Morgan fingerprint density at radius 1 is 1.50 bits per heavy atom. The van der Waals surface area contributed by atoms with Crippen molar-refractivity contribution in [3.05, 3.63) is 24.4 Å². The van der Waals surface area contributed by atoms with E-state index in [1.54, 1.807) is 13.2 Å². The highest BCUT2D eigenvalue weighted by atomic mass is 16.2. The molecule has 0 fully saturated rings. The van der Waals surface area contributed by atoms with Crippen molar-refractivity contribution in [3.8, 4) is 0 Å². The molecule has 14 heavy (non-hydrogen) atoms. The quantitative estimate of drug-likeness (QED) is 0.634. The van der Waals surface area contributed by atoms with Gasteiger partial charge in [0, 0.05) is 12.4 Å². The van der Waals surface area contributed by atoms with Gasteiger partial charge in [-0.2, -0.15) is 5.10 Å². The Hall–Kier alpha value is -2.04. The molecule has 0 radical (unpaired) electrons. The van der Waals surface area contributed by atoms with Crippen molar-refractivity contribution in [2.24, 2.45) is 0 Å². The first-order valence-electron chi connectivity index (χ1n) is 4.22. The van der Waals surface area contributed by atoms with Crippen molar-refractivity contribution < 1.29 is 4.79 Å². The number of benzene rings is 1. The predicted molar refractivity (Wildman–Crippen MR) is 54.2 cm³/mol. The lowest BCUT2D eigenvalue weighted by Crippen LogP contribution is -2.24. The lowest BCUT2D eigenvalue weighted by molar-refractivity contribution is 0.254. The second-order valence-electron chi connectivity index (χ2n) is 2.84. The van der Waals surface area contributed by atoms with E-state index in [0.29, 0.717) is 0 Å². The van der Waals surface area contributed by atoms with Gasteiger partial charge in [0.25, 0.3) is 0 Å². The highest BCUT2D eigenvalue weighted by Gasteiger charge is 2.04. The van der Waals surface area contributed by atoms with Gasteiger partial charge in [-0.05, 0) is 12.1 Å². The number of carbonyl (C=O) groups is 1. The van der Waals surface area contributed by atoms with Crippen LogP contribution in [0.15, 0.2) is 24.4 Å². The topological polar surface area (TPSA) is 69.8 Å². The number of aromatic nitrogens is 2. The van der Waals surface area contributed by atoms with Crippen molar-refractivity contribution >= 4 is 22.6 Å². The van der Waals surface area contributed by atoms with Crippen LogP contribution in [0.1, 0.15) is 0 Å². The summed E-state index contributed by atoms with van der Waals surface area (Å²) in [6.07, 6.45) is 1.68. The van der Waals surface area contributed by atoms with Gasteiger partial charge < -0.3 is 10.6 Å². The molecule has 0 aliphatic carbocycles. The average molecular weight is 190 g/mol. The summed E-state index contributed by atoms with van der Waals surface area (Å²) in [6, 6.07) is 5.34. The molecule has 3 N–H and O–H groups in total. The number of anilines is 1. The Kier molecular flexibility index (Phi) is 2.06. The van der Waals surface area contributed by atoms with Crippen molar-refractivity contribution in [1.82, 2.24) is 15.5 Å². The summed E-state index contributed by atoms with van der Waals surface area (Å²) >= 11 is 0. The first kappa shape index (κ1) is 8.55. The molecule has 2 aromatic rings. The van der Waals surface area contributed by atoms with Crippen LogP contribution in [0.4, 0.5) is 10.5 Å². The number of hydrogen-bond donors (Lipinski definition) is 3. The Balaban J connectivity index is 2.41. The van der Waals surface area contributed by atoms with E-state index in [1.807, 2.05) is 18.2 Å². The number of fused-ring (bicyclic) bond motifs is 1. The SMILES string of the molecule is CNC(=O)Nc1cccc2[nH]ncc12. The third-order valence-corrected chi connectivity index (χ3v) is 1.96. The molecule has 5 heteroatoms. The Morgan fingerprint density at radius 2 is 2.36 bits per heavy atom. The summed E-state index contributed by atoms with van der Waals surface area (Å²) in [5.41, 5.74) is 1.65. The summed E-state index contributed by atoms with van der Waals surface area (Å²) in [7, 11) is 1.57. The summed E-state index contributed by atoms with van der Waals surface area (Å²) in [4.78, 5) is 11.1. The molecule has 0 bridgehead atoms. The molecule has 0 saturated heterocycles. The van der Waals surface area contributed by atoms with E-state index in [9.17, 15) is 4.79 Å². The van der Waals surface area contributed by atoms with Gasteiger partial charge in [0.1, 0.15) is 0 Å². The minimum atomic E-state index is -0.237. The van der Waals surface area contributed by atoms with E-state index in [1.165, 1.54) is 0 Å². The zero-order valence-corrected chi connectivity index (χ0v) is 7.66. The number of nitrogens with zero attached hydrogens (tertiary/aromatic N) is 1. The molecule has 5 nitrogen and oxygen atoms in total. The molecular formula is C9H10N4O. The van der Waals surface area contributed by atoms with Crippen LogP contribution >= 0.6 is 0 Å². The van der Waals surface area contributed by atoms with Gasteiger partial charge in [-0.1, -0.05) is 6.07 Å². The van der Waals surface area contributed by atoms with E-state index in [2.05, 4.69) is 20.8 Å². The van der Waals surface area contributed by atoms with Crippen LogP contribution in [-0.2, 0) is 0 Å². The number of H-pyrrole nitrogens is 1. The normalized spacial score (nSPS) is 10.1. The number of rotatable bonds is 1. The van der Waals surface area contributed by atoms with Gasteiger partial charge in [0.15, 0.2) is 0 Å². The van der Waals surface area contributed by atoms with Crippen molar-refractivity contribution in [2.45, 2.75) is 0 Å². The Labute approximate surface area is 80.5 Å². The zero-order chi connectivity index (χ0) is 9.97. The molecule has 0 unspecified atom stereocenters. The van der Waals surface area contributed by atoms with Gasteiger partial charge in [-0.15, -0.1) is 0 Å². The molecule has 1 heterocycles. The van der Waals surface area contributed by atoms with E-state index >= 15 is 0 Å². The maximum Gasteiger partial charge on any atom is 0.318 e. The number of aromatic amines is 1. The van der Waals surface area contributed by atoms with Crippen LogP contribution in [-0.4, -0.2) is 23.3 Å². The summed E-state index contributed by atoms with van der Waals surface area (Å²) < 4.78 is 0. The number of carbonyl (C=O) groups excluding carboxylic acids is 1. The lowest BCUT2D eigenvalue weighted by atomic mass is 10.2. The van der Waals surface area contributed by atoms with E-state index in [4.69, 9.17) is 0 Å². The minimum Gasteiger partial charge on any atom is -0.341 e. The number of amides is 2. The fourth-order valence-corrected chi connectivity index (χ4v) is 1.26. The molecule has 0 saturated carbocycles. The molecule has 2 rings (SSSR count). The third kappa shape index (κ3) is 1.39. The Bertz CT molecular complexity index is 463. The fraction of sp³-hybridized carbons (Fsp3) is 0.111. The fourth-order valence-electron chi connectivity index (χ4n) is 1.26. The van der Waals surface area contributed by atoms with Gasteiger partial charge in [0.2, 0.25) is 0 Å². The van der Waals surface area contributed by atoms with Crippen LogP contribution in [0.5, 0.6) is 0 Å². The van der Waals surface area contributed by atoms with Gasteiger partial charge >= 0.3 is 6.03 Å². The average Bonchev–Trinajstić information content (AvgIpc) is 2.66. The van der Waals surface area contributed by atoms with Crippen molar-refractivity contribution in [2.75, 3.05) is 12.4 Å². The molecule has 2 amide bonds. The standard InChI is InChI=1S/C9H10N4O/c1-10-9(14)12-7-3-2-4-8-6(7)5-11-13-8/h2-5H,1H3,(H,11,13)(H2,10,12,14). The van der Waals surface area contributed by atoms with Crippen LogP contribution in [0, 0.1) is 0 Å². The molecule has 1 aromatic heterocycles. The number of hydrogen-bond acceptors (Lipinski definition) is 2. The van der Waals surface area contributed by atoms with E-state index < -0.39 is 0 Å². The molecular weight excluding hydrogens is 180 g/mol. The molecule has 0 spiro atoms. The summed E-state index contributed by atoms with van der Waals surface area (Å²) in [5, 5.41) is 12.8. The first-order chi connectivity index (χ1) is 6.81. The van der Waals surface area contributed by atoms with Crippen LogP contribution in [0.2, 0.25) is 0 Å². The monoisotopic (exact) mass is 190 g/mol. The minimum absolute atomic E-state index is 0.237.